The smallest absolute Gasteiger partial charge is 0.0645 e. The lowest BCUT2D eigenvalue weighted by Crippen LogP contribution is -2.28. The van der Waals surface area contributed by atoms with Crippen LogP contribution in [0.15, 0.2) is 24.3 Å². The van der Waals surface area contributed by atoms with Crippen molar-refractivity contribution in [2.45, 2.75) is 26.4 Å². The van der Waals surface area contributed by atoms with E-state index in [-0.39, 0.29) is 0 Å². The number of ether oxygens (including phenoxy) is 1. The van der Waals surface area contributed by atoms with Crippen LogP contribution in [0.5, 0.6) is 0 Å². The lowest BCUT2D eigenvalue weighted by Gasteiger charge is -2.24. The first-order valence-corrected chi connectivity index (χ1v) is 6.47. The van der Waals surface area contributed by atoms with E-state index in [1.807, 2.05) is 0 Å². The number of rotatable bonds is 4. The molecule has 0 aromatic heterocycles. The highest BCUT2D eigenvalue weighted by Crippen LogP contribution is 2.27. The van der Waals surface area contributed by atoms with Gasteiger partial charge in [-0.3, -0.25) is 0 Å². The van der Waals surface area contributed by atoms with Crippen LogP contribution in [0.25, 0.3) is 0 Å². The molecule has 0 aliphatic carbocycles. The second-order valence-corrected chi connectivity index (χ2v) is 4.70. The largest absolute Gasteiger partial charge is 0.383 e. The zero-order chi connectivity index (χ0) is 12.1. The summed E-state index contributed by atoms with van der Waals surface area (Å²) < 4.78 is 5.64. The SMILES string of the molecule is CC(C)OCCN1CCCNc2ccccc21. The molecule has 3 nitrogen and oxygen atoms in total. The highest BCUT2D eigenvalue weighted by molar-refractivity contribution is 5.70. The summed E-state index contributed by atoms with van der Waals surface area (Å²) in [5, 5.41) is 3.47. The third-order valence-corrected chi connectivity index (χ3v) is 2.98. The highest BCUT2D eigenvalue weighted by atomic mass is 16.5. The predicted octanol–water partition coefficient (Wildman–Crippen LogP) is 2.73. The summed E-state index contributed by atoms with van der Waals surface area (Å²) in [7, 11) is 0. The van der Waals surface area contributed by atoms with Gasteiger partial charge >= 0.3 is 0 Å². The number of nitrogens with one attached hydrogen (secondary N) is 1. The van der Waals surface area contributed by atoms with Gasteiger partial charge in [-0.05, 0) is 32.4 Å². The van der Waals surface area contributed by atoms with Gasteiger partial charge in [0.1, 0.15) is 0 Å². The van der Waals surface area contributed by atoms with Crippen LogP contribution in [0.3, 0.4) is 0 Å². The summed E-state index contributed by atoms with van der Waals surface area (Å²) in [5.74, 6) is 0. The number of anilines is 2. The number of hydrogen-bond donors (Lipinski definition) is 1. The summed E-state index contributed by atoms with van der Waals surface area (Å²) in [6, 6.07) is 8.52. The molecule has 3 heteroatoms. The molecule has 94 valence electrons. The van der Waals surface area contributed by atoms with Crippen molar-refractivity contribution in [2.75, 3.05) is 36.5 Å². The van der Waals surface area contributed by atoms with Gasteiger partial charge in [-0.1, -0.05) is 12.1 Å². The second-order valence-electron chi connectivity index (χ2n) is 4.70. The van der Waals surface area contributed by atoms with Crippen LogP contribution < -0.4 is 10.2 Å². The summed E-state index contributed by atoms with van der Waals surface area (Å²) in [6.07, 6.45) is 1.49. The predicted molar refractivity (Wildman–Crippen MR) is 72.8 cm³/mol. The van der Waals surface area contributed by atoms with Crippen LogP contribution in [0.2, 0.25) is 0 Å². The average Bonchev–Trinajstić information content (AvgIpc) is 2.52. The number of nitrogens with zero attached hydrogens (tertiary/aromatic N) is 1. The standard InChI is InChI=1S/C14H22N2O/c1-12(2)17-11-10-16-9-5-8-15-13-6-3-4-7-14(13)16/h3-4,6-7,12,15H,5,8-11H2,1-2H3. The van der Waals surface area contributed by atoms with E-state index >= 15 is 0 Å². The molecule has 0 atom stereocenters. The molecule has 1 heterocycles. The zero-order valence-corrected chi connectivity index (χ0v) is 10.8. The maximum absolute atomic E-state index is 5.64. The third-order valence-electron chi connectivity index (χ3n) is 2.98. The summed E-state index contributed by atoms with van der Waals surface area (Å²) in [4.78, 5) is 2.41. The maximum atomic E-state index is 5.64. The van der Waals surface area contributed by atoms with Crippen molar-refractivity contribution < 1.29 is 4.74 Å². The Morgan fingerprint density at radius 1 is 1.35 bits per heavy atom. The molecule has 1 N–H and O–H groups in total. The number of para-hydroxylation sites is 2. The number of hydrogen-bond acceptors (Lipinski definition) is 3. The van der Waals surface area contributed by atoms with E-state index < -0.39 is 0 Å². The minimum atomic E-state index is 0.315. The van der Waals surface area contributed by atoms with Crippen LogP contribution in [-0.4, -0.2) is 32.3 Å². The third kappa shape index (κ3) is 3.37. The van der Waals surface area contributed by atoms with Crippen LogP contribution in [0.1, 0.15) is 20.3 Å². The van der Waals surface area contributed by atoms with E-state index in [1.54, 1.807) is 0 Å². The minimum absolute atomic E-state index is 0.315. The summed E-state index contributed by atoms with van der Waals surface area (Å²) in [5.41, 5.74) is 2.55. The first kappa shape index (κ1) is 12.2. The van der Waals surface area contributed by atoms with Crippen LogP contribution >= 0.6 is 0 Å². The van der Waals surface area contributed by atoms with Gasteiger partial charge in [-0.2, -0.15) is 0 Å². The molecule has 1 aliphatic heterocycles. The Balaban J connectivity index is 2.01. The topological polar surface area (TPSA) is 24.5 Å². The van der Waals surface area contributed by atoms with Gasteiger partial charge < -0.3 is 15.0 Å². The van der Waals surface area contributed by atoms with E-state index in [0.717, 1.165) is 26.2 Å². The Morgan fingerprint density at radius 3 is 3.00 bits per heavy atom. The van der Waals surface area contributed by atoms with Gasteiger partial charge in [0, 0.05) is 19.6 Å². The van der Waals surface area contributed by atoms with E-state index in [0.29, 0.717) is 6.10 Å². The normalized spacial score (nSPS) is 15.4. The van der Waals surface area contributed by atoms with Crippen molar-refractivity contribution >= 4 is 11.4 Å². The summed E-state index contributed by atoms with van der Waals surface area (Å²) in [6.45, 7) is 8.09. The molecule has 0 radical (unpaired) electrons. The molecular formula is C14H22N2O. The average molecular weight is 234 g/mol. The fraction of sp³-hybridized carbons (Fsp3) is 0.571. The monoisotopic (exact) mass is 234 g/mol. The Labute approximate surface area is 104 Å². The lowest BCUT2D eigenvalue weighted by atomic mass is 10.2. The number of benzene rings is 1. The van der Waals surface area contributed by atoms with Crippen molar-refractivity contribution in [1.29, 1.82) is 0 Å². The highest BCUT2D eigenvalue weighted by Gasteiger charge is 2.13. The molecule has 1 aromatic rings. The Morgan fingerprint density at radius 2 is 2.18 bits per heavy atom. The quantitative estimate of drug-likeness (QED) is 0.867. The number of fused-ring (bicyclic) bond motifs is 1. The van der Waals surface area contributed by atoms with Crippen molar-refractivity contribution in [3.63, 3.8) is 0 Å². The van der Waals surface area contributed by atoms with E-state index in [1.165, 1.54) is 17.8 Å². The van der Waals surface area contributed by atoms with Crippen LogP contribution in [0.4, 0.5) is 11.4 Å². The van der Waals surface area contributed by atoms with Gasteiger partial charge in [0.2, 0.25) is 0 Å². The molecule has 0 amide bonds. The summed E-state index contributed by atoms with van der Waals surface area (Å²) >= 11 is 0. The minimum Gasteiger partial charge on any atom is -0.383 e. The molecular weight excluding hydrogens is 212 g/mol. The van der Waals surface area contributed by atoms with Crippen LogP contribution in [-0.2, 0) is 4.74 Å². The van der Waals surface area contributed by atoms with Gasteiger partial charge in [0.15, 0.2) is 0 Å². The Hall–Kier alpha value is -1.22. The first-order chi connectivity index (χ1) is 8.27. The van der Waals surface area contributed by atoms with Gasteiger partial charge in [0.25, 0.3) is 0 Å². The molecule has 17 heavy (non-hydrogen) atoms. The van der Waals surface area contributed by atoms with E-state index in [4.69, 9.17) is 4.74 Å². The lowest BCUT2D eigenvalue weighted by molar-refractivity contribution is 0.0841. The van der Waals surface area contributed by atoms with Gasteiger partial charge in [0.05, 0.1) is 24.1 Å². The molecule has 1 aliphatic rings. The molecule has 1 aromatic carbocycles. The van der Waals surface area contributed by atoms with E-state index in [2.05, 4.69) is 48.3 Å². The molecule has 0 saturated heterocycles. The molecule has 2 rings (SSSR count). The fourth-order valence-electron chi connectivity index (χ4n) is 2.14. The van der Waals surface area contributed by atoms with Crippen molar-refractivity contribution in [1.82, 2.24) is 0 Å². The van der Waals surface area contributed by atoms with Gasteiger partial charge in [-0.15, -0.1) is 0 Å². The fourth-order valence-corrected chi connectivity index (χ4v) is 2.14. The molecule has 0 fully saturated rings. The second kappa shape index (κ2) is 5.92. The van der Waals surface area contributed by atoms with Crippen molar-refractivity contribution in [3.8, 4) is 0 Å². The van der Waals surface area contributed by atoms with Crippen LogP contribution in [0, 0.1) is 0 Å². The molecule has 0 unspecified atom stereocenters. The molecule has 0 bridgehead atoms. The van der Waals surface area contributed by atoms with Gasteiger partial charge in [-0.25, -0.2) is 0 Å². The molecule has 0 spiro atoms. The van der Waals surface area contributed by atoms with E-state index in [9.17, 15) is 0 Å². The first-order valence-electron chi connectivity index (χ1n) is 6.47. The molecule has 0 saturated carbocycles. The maximum Gasteiger partial charge on any atom is 0.0645 e. The zero-order valence-electron chi connectivity index (χ0n) is 10.8. The Kier molecular flexibility index (Phi) is 4.26. The van der Waals surface area contributed by atoms with Crippen molar-refractivity contribution in [3.05, 3.63) is 24.3 Å². The Bertz CT molecular complexity index is 352. The van der Waals surface area contributed by atoms with Crippen molar-refractivity contribution in [2.24, 2.45) is 0 Å².